The van der Waals surface area contributed by atoms with E-state index in [2.05, 4.69) is 4.74 Å². The van der Waals surface area contributed by atoms with E-state index in [9.17, 15) is 14.7 Å². The fourth-order valence-electron chi connectivity index (χ4n) is 0.867. The highest BCUT2D eigenvalue weighted by Crippen LogP contribution is 2.02. The van der Waals surface area contributed by atoms with Gasteiger partial charge >= 0.3 is 5.97 Å². The van der Waals surface area contributed by atoms with Crippen molar-refractivity contribution in [3.63, 3.8) is 0 Å². The van der Waals surface area contributed by atoms with Crippen molar-refractivity contribution in [2.75, 3.05) is 6.61 Å². The number of hydrogen-bond donors (Lipinski definition) is 1. The predicted octanol–water partition coefficient (Wildman–Crippen LogP) is 0.670. The third kappa shape index (κ3) is 4.62. The van der Waals surface area contributed by atoms with Gasteiger partial charge < -0.3 is 9.84 Å². The van der Waals surface area contributed by atoms with Crippen LogP contribution in [0.4, 0.5) is 0 Å². The summed E-state index contributed by atoms with van der Waals surface area (Å²) in [5.74, 6) is -1.78. The van der Waals surface area contributed by atoms with Gasteiger partial charge in [0.25, 0.3) is 5.78 Å². The van der Waals surface area contributed by atoms with Crippen molar-refractivity contribution < 1.29 is 19.4 Å². The highest BCUT2D eigenvalue weighted by molar-refractivity contribution is 6.35. The van der Waals surface area contributed by atoms with Crippen LogP contribution >= 0.6 is 0 Å². The summed E-state index contributed by atoms with van der Waals surface area (Å²) in [7, 11) is 0. The number of aliphatic hydroxyl groups is 1. The number of hydrogen-bond acceptors (Lipinski definition) is 4. The number of aliphatic hydroxyl groups excluding tert-OH is 1. The molecule has 13 heavy (non-hydrogen) atoms. The molecule has 0 bridgehead atoms. The molecule has 0 fully saturated rings. The normalized spacial score (nSPS) is 12.2. The highest BCUT2D eigenvalue weighted by atomic mass is 16.5. The maximum atomic E-state index is 11.0. The molecule has 0 rings (SSSR count). The predicted molar refractivity (Wildman–Crippen MR) is 47.2 cm³/mol. The monoisotopic (exact) mass is 188 g/mol. The lowest BCUT2D eigenvalue weighted by Gasteiger charge is -2.07. The van der Waals surface area contributed by atoms with Crippen molar-refractivity contribution in [3.05, 3.63) is 0 Å². The van der Waals surface area contributed by atoms with E-state index in [4.69, 9.17) is 0 Å². The van der Waals surface area contributed by atoms with Crippen LogP contribution in [-0.4, -0.2) is 29.6 Å². The number of ketones is 1. The Balaban J connectivity index is 3.87. The SMILES string of the molecule is CCCCC(O)C(=O)C(=O)OCC. The van der Waals surface area contributed by atoms with E-state index in [1.165, 1.54) is 0 Å². The van der Waals surface area contributed by atoms with Crippen molar-refractivity contribution in [2.24, 2.45) is 0 Å². The lowest BCUT2D eigenvalue weighted by Crippen LogP contribution is -2.29. The first kappa shape index (κ1) is 12.1. The zero-order valence-corrected chi connectivity index (χ0v) is 8.08. The van der Waals surface area contributed by atoms with Crippen LogP contribution in [0, 0.1) is 0 Å². The maximum Gasteiger partial charge on any atom is 0.377 e. The Labute approximate surface area is 77.9 Å². The van der Waals surface area contributed by atoms with Crippen molar-refractivity contribution in [2.45, 2.75) is 39.2 Å². The van der Waals surface area contributed by atoms with Gasteiger partial charge in [0.05, 0.1) is 6.61 Å². The van der Waals surface area contributed by atoms with Crippen molar-refractivity contribution in [1.29, 1.82) is 0 Å². The summed E-state index contributed by atoms with van der Waals surface area (Å²) in [6.07, 6.45) is 0.743. The van der Waals surface area contributed by atoms with E-state index >= 15 is 0 Å². The highest BCUT2D eigenvalue weighted by Gasteiger charge is 2.23. The molecule has 0 saturated heterocycles. The van der Waals surface area contributed by atoms with Gasteiger partial charge in [-0.15, -0.1) is 0 Å². The minimum Gasteiger partial charge on any atom is -0.460 e. The Morgan fingerprint density at radius 1 is 1.38 bits per heavy atom. The standard InChI is InChI=1S/C9H16O4/c1-3-5-6-7(10)8(11)9(12)13-4-2/h7,10H,3-6H2,1-2H3. The summed E-state index contributed by atoms with van der Waals surface area (Å²) in [6, 6.07) is 0. The van der Waals surface area contributed by atoms with Gasteiger partial charge in [0.15, 0.2) is 0 Å². The quantitative estimate of drug-likeness (QED) is 0.491. The molecular weight excluding hydrogens is 172 g/mol. The van der Waals surface area contributed by atoms with Crippen LogP contribution in [0.5, 0.6) is 0 Å². The molecule has 0 radical (unpaired) electrons. The summed E-state index contributed by atoms with van der Waals surface area (Å²) in [5, 5.41) is 9.20. The first-order chi connectivity index (χ1) is 6.13. The lowest BCUT2D eigenvalue weighted by molar-refractivity contribution is -0.157. The van der Waals surface area contributed by atoms with Crippen LogP contribution in [0.25, 0.3) is 0 Å². The van der Waals surface area contributed by atoms with Gasteiger partial charge in [-0.2, -0.15) is 0 Å². The van der Waals surface area contributed by atoms with Crippen LogP contribution in [0.1, 0.15) is 33.1 Å². The molecule has 4 nitrogen and oxygen atoms in total. The Bertz CT molecular complexity index is 176. The molecule has 1 atom stereocenters. The van der Waals surface area contributed by atoms with Gasteiger partial charge in [0.1, 0.15) is 6.10 Å². The number of carbonyl (C=O) groups excluding carboxylic acids is 2. The Morgan fingerprint density at radius 2 is 2.00 bits per heavy atom. The Morgan fingerprint density at radius 3 is 2.46 bits per heavy atom. The first-order valence-electron chi connectivity index (χ1n) is 4.52. The largest absolute Gasteiger partial charge is 0.460 e. The molecule has 0 saturated carbocycles. The second kappa shape index (κ2) is 6.60. The molecule has 1 unspecified atom stereocenters. The van der Waals surface area contributed by atoms with Gasteiger partial charge in [0.2, 0.25) is 0 Å². The summed E-state index contributed by atoms with van der Waals surface area (Å²) < 4.78 is 4.46. The molecule has 0 aromatic rings. The van der Waals surface area contributed by atoms with Crippen LogP contribution < -0.4 is 0 Å². The van der Waals surface area contributed by atoms with Gasteiger partial charge in [-0.1, -0.05) is 19.8 Å². The number of unbranched alkanes of at least 4 members (excludes halogenated alkanes) is 1. The average Bonchev–Trinajstić information content (AvgIpc) is 2.13. The second-order valence-corrected chi connectivity index (χ2v) is 2.74. The Kier molecular flexibility index (Phi) is 6.14. The maximum absolute atomic E-state index is 11.0. The zero-order valence-electron chi connectivity index (χ0n) is 8.08. The van der Waals surface area contributed by atoms with Gasteiger partial charge in [-0.05, 0) is 13.3 Å². The molecule has 0 heterocycles. The minimum atomic E-state index is -1.20. The van der Waals surface area contributed by atoms with E-state index in [0.717, 1.165) is 12.8 Å². The third-order valence-electron chi connectivity index (χ3n) is 1.61. The van der Waals surface area contributed by atoms with E-state index in [1.807, 2.05) is 6.92 Å². The second-order valence-electron chi connectivity index (χ2n) is 2.74. The van der Waals surface area contributed by atoms with Crippen LogP contribution in [0.2, 0.25) is 0 Å². The van der Waals surface area contributed by atoms with Crippen LogP contribution in [0.3, 0.4) is 0 Å². The summed E-state index contributed by atoms with van der Waals surface area (Å²) in [4.78, 5) is 21.8. The molecule has 0 aromatic heterocycles. The molecule has 0 aromatic carbocycles. The molecule has 0 aliphatic rings. The molecule has 76 valence electrons. The number of rotatable bonds is 6. The summed E-state index contributed by atoms with van der Waals surface area (Å²) in [6.45, 7) is 3.72. The molecular formula is C9H16O4. The van der Waals surface area contributed by atoms with Gasteiger partial charge in [-0.3, -0.25) is 4.79 Å². The van der Waals surface area contributed by atoms with E-state index in [-0.39, 0.29) is 6.61 Å². The molecule has 0 amide bonds. The smallest absolute Gasteiger partial charge is 0.377 e. The number of Topliss-reactive ketones (excluding diaryl/α,β-unsaturated/α-hetero) is 1. The molecule has 1 N–H and O–H groups in total. The Hall–Kier alpha value is -0.900. The van der Waals surface area contributed by atoms with Gasteiger partial charge in [0, 0.05) is 0 Å². The first-order valence-corrected chi connectivity index (χ1v) is 4.52. The van der Waals surface area contributed by atoms with Crippen molar-refractivity contribution >= 4 is 11.8 Å². The van der Waals surface area contributed by atoms with Crippen LogP contribution in [-0.2, 0) is 14.3 Å². The average molecular weight is 188 g/mol. The van der Waals surface area contributed by atoms with Crippen LogP contribution in [0.15, 0.2) is 0 Å². The topological polar surface area (TPSA) is 63.6 Å². The summed E-state index contributed by atoms with van der Waals surface area (Å²) in [5.41, 5.74) is 0. The van der Waals surface area contributed by atoms with Crippen molar-refractivity contribution in [1.82, 2.24) is 0 Å². The fraction of sp³-hybridized carbons (Fsp3) is 0.778. The number of esters is 1. The number of carbonyl (C=O) groups is 2. The van der Waals surface area contributed by atoms with E-state index < -0.39 is 17.9 Å². The van der Waals surface area contributed by atoms with Gasteiger partial charge in [-0.25, -0.2) is 4.79 Å². The van der Waals surface area contributed by atoms with E-state index in [1.54, 1.807) is 6.92 Å². The van der Waals surface area contributed by atoms with E-state index in [0.29, 0.717) is 6.42 Å². The number of ether oxygens (including phenoxy) is 1. The third-order valence-corrected chi connectivity index (χ3v) is 1.61. The zero-order chi connectivity index (χ0) is 10.3. The minimum absolute atomic E-state index is 0.158. The lowest BCUT2D eigenvalue weighted by atomic mass is 10.1. The molecule has 0 spiro atoms. The van der Waals surface area contributed by atoms with Crippen molar-refractivity contribution in [3.8, 4) is 0 Å². The summed E-state index contributed by atoms with van der Waals surface area (Å²) >= 11 is 0. The fourth-order valence-corrected chi connectivity index (χ4v) is 0.867. The molecule has 4 heteroatoms. The molecule has 0 aliphatic heterocycles. The molecule has 0 aliphatic carbocycles.